The molecule has 1 atom stereocenters. The van der Waals surface area contributed by atoms with Gasteiger partial charge in [-0.25, -0.2) is 4.79 Å². The topological polar surface area (TPSA) is 57.6 Å². The number of benzene rings is 1. The Morgan fingerprint density at radius 3 is 2.62 bits per heavy atom. The number of fused-ring (bicyclic) bond motifs is 1. The Bertz CT molecular complexity index is 942. The van der Waals surface area contributed by atoms with E-state index in [4.69, 9.17) is 0 Å². The molecule has 1 aliphatic heterocycles. The molecule has 1 aromatic heterocycles. The number of carbonyl (C=O) groups is 1. The summed E-state index contributed by atoms with van der Waals surface area (Å²) < 4.78 is 38.5. The van der Waals surface area contributed by atoms with E-state index >= 15 is 0 Å². The van der Waals surface area contributed by atoms with Gasteiger partial charge in [0.2, 0.25) is 0 Å². The quantitative estimate of drug-likeness (QED) is 0.843. The Morgan fingerprint density at radius 2 is 1.93 bits per heavy atom. The minimum atomic E-state index is -4.53. The highest BCUT2D eigenvalue weighted by Gasteiger charge is 2.30. The molecule has 6 nitrogen and oxygen atoms in total. The van der Waals surface area contributed by atoms with Gasteiger partial charge in [-0.05, 0) is 30.2 Å². The molecule has 1 aliphatic rings. The number of amides is 2. The van der Waals surface area contributed by atoms with Crippen LogP contribution in [0, 0.1) is 0 Å². The summed E-state index contributed by atoms with van der Waals surface area (Å²) in [6, 6.07) is 9.73. The fourth-order valence-corrected chi connectivity index (χ4v) is 3.57. The van der Waals surface area contributed by atoms with Gasteiger partial charge in [-0.2, -0.15) is 13.2 Å². The molecule has 1 N–H and O–H groups in total. The summed E-state index contributed by atoms with van der Waals surface area (Å²) >= 11 is 0. The van der Waals surface area contributed by atoms with E-state index in [1.54, 1.807) is 4.90 Å². The fraction of sp³-hybridized carbons (Fsp3) is 0.400. The van der Waals surface area contributed by atoms with Crippen molar-refractivity contribution in [2.45, 2.75) is 38.7 Å². The van der Waals surface area contributed by atoms with Crippen LogP contribution < -0.4 is 15.8 Å². The molecular formula is C20H23F3N4O2. The SMILES string of the molecule is CCC1CN(C)c2ccccc2CN1C(=O)Nc1cccn(CC(F)(F)F)c1=O. The molecule has 156 valence electrons. The van der Waals surface area contributed by atoms with Gasteiger partial charge in [-0.1, -0.05) is 25.1 Å². The Hall–Kier alpha value is -2.97. The van der Waals surface area contributed by atoms with Crippen LogP contribution in [0.25, 0.3) is 0 Å². The smallest absolute Gasteiger partial charge is 0.372 e. The van der Waals surface area contributed by atoms with Crippen molar-refractivity contribution < 1.29 is 18.0 Å². The van der Waals surface area contributed by atoms with E-state index in [9.17, 15) is 22.8 Å². The van der Waals surface area contributed by atoms with Crippen molar-refractivity contribution in [2.24, 2.45) is 0 Å². The molecule has 0 spiro atoms. The third-order valence-corrected chi connectivity index (χ3v) is 5.01. The average molecular weight is 408 g/mol. The average Bonchev–Trinajstić information content (AvgIpc) is 2.80. The third-order valence-electron chi connectivity index (χ3n) is 5.01. The molecule has 2 amide bonds. The number of urea groups is 1. The first-order chi connectivity index (χ1) is 13.7. The number of hydrogen-bond acceptors (Lipinski definition) is 3. The maximum absolute atomic E-state index is 13.0. The van der Waals surface area contributed by atoms with E-state index in [1.165, 1.54) is 12.1 Å². The molecule has 1 aromatic carbocycles. The lowest BCUT2D eigenvalue weighted by atomic mass is 10.1. The summed E-state index contributed by atoms with van der Waals surface area (Å²) in [4.78, 5) is 29.0. The van der Waals surface area contributed by atoms with Crippen LogP contribution in [0.1, 0.15) is 18.9 Å². The second-order valence-electron chi connectivity index (χ2n) is 7.10. The van der Waals surface area contributed by atoms with Gasteiger partial charge < -0.3 is 19.7 Å². The highest BCUT2D eigenvalue weighted by atomic mass is 19.4. The van der Waals surface area contributed by atoms with Gasteiger partial charge in [0.25, 0.3) is 5.56 Å². The molecule has 2 heterocycles. The normalized spacial score (nSPS) is 16.9. The van der Waals surface area contributed by atoms with E-state index in [1.807, 2.05) is 38.2 Å². The van der Waals surface area contributed by atoms with Crippen LogP contribution in [-0.2, 0) is 13.1 Å². The maximum atomic E-state index is 13.0. The van der Waals surface area contributed by atoms with Crippen LogP contribution >= 0.6 is 0 Å². The van der Waals surface area contributed by atoms with Crippen molar-refractivity contribution in [3.63, 3.8) is 0 Å². The number of rotatable bonds is 3. The number of alkyl halides is 3. The zero-order valence-electron chi connectivity index (χ0n) is 16.2. The van der Waals surface area contributed by atoms with Crippen LogP contribution in [0.4, 0.5) is 29.3 Å². The zero-order chi connectivity index (χ0) is 21.2. The largest absolute Gasteiger partial charge is 0.406 e. The lowest BCUT2D eigenvalue weighted by Gasteiger charge is -2.30. The predicted molar refractivity (Wildman–Crippen MR) is 105 cm³/mol. The van der Waals surface area contributed by atoms with Crippen LogP contribution in [0.15, 0.2) is 47.4 Å². The molecule has 0 bridgehead atoms. The first-order valence-corrected chi connectivity index (χ1v) is 9.32. The maximum Gasteiger partial charge on any atom is 0.406 e. The molecule has 29 heavy (non-hydrogen) atoms. The number of hydrogen-bond donors (Lipinski definition) is 1. The van der Waals surface area contributed by atoms with Gasteiger partial charge in [0.15, 0.2) is 0 Å². The van der Waals surface area contributed by atoms with Gasteiger partial charge in [-0.15, -0.1) is 0 Å². The number of likely N-dealkylation sites (N-methyl/N-ethyl adjacent to an activating group) is 1. The first-order valence-electron chi connectivity index (χ1n) is 9.32. The summed E-state index contributed by atoms with van der Waals surface area (Å²) in [6.45, 7) is 1.51. The van der Waals surface area contributed by atoms with Gasteiger partial charge in [0.1, 0.15) is 12.2 Å². The molecule has 0 saturated carbocycles. The number of nitrogens with zero attached hydrogens (tertiary/aromatic N) is 3. The minimum Gasteiger partial charge on any atom is -0.372 e. The van der Waals surface area contributed by atoms with Crippen molar-refractivity contribution in [1.82, 2.24) is 9.47 Å². The highest BCUT2D eigenvalue weighted by molar-refractivity contribution is 5.89. The molecule has 2 aromatic rings. The molecule has 9 heteroatoms. The summed E-state index contributed by atoms with van der Waals surface area (Å²) in [5.41, 5.74) is 0.915. The van der Waals surface area contributed by atoms with E-state index in [2.05, 4.69) is 10.2 Å². The number of nitrogens with one attached hydrogen (secondary N) is 1. The highest BCUT2D eigenvalue weighted by Crippen LogP contribution is 2.27. The molecule has 1 unspecified atom stereocenters. The fourth-order valence-electron chi connectivity index (χ4n) is 3.57. The monoisotopic (exact) mass is 408 g/mol. The third kappa shape index (κ3) is 4.72. The van der Waals surface area contributed by atoms with Crippen LogP contribution in [0.2, 0.25) is 0 Å². The molecule has 0 fully saturated rings. The van der Waals surface area contributed by atoms with Gasteiger partial charge >= 0.3 is 12.2 Å². The van der Waals surface area contributed by atoms with Crippen molar-refractivity contribution in [3.05, 3.63) is 58.5 Å². The van der Waals surface area contributed by atoms with Crippen molar-refractivity contribution >= 4 is 17.4 Å². The van der Waals surface area contributed by atoms with Crippen LogP contribution in [0.5, 0.6) is 0 Å². The minimum absolute atomic E-state index is 0.117. The van der Waals surface area contributed by atoms with Gasteiger partial charge in [0.05, 0.1) is 6.04 Å². The Labute approximate surface area is 166 Å². The summed E-state index contributed by atoms with van der Waals surface area (Å²) in [6.07, 6.45) is -2.78. The van der Waals surface area contributed by atoms with E-state index in [0.29, 0.717) is 24.1 Å². The summed E-state index contributed by atoms with van der Waals surface area (Å²) in [5.74, 6) is 0. The number of anilines is 2. The molecule has 3 rings (SSSR count). The number of aromatic nitrogens is 1. The second-order valence-corrected chi connectivity index (χ2v) is 7.10. The number of carbonyl (C=O) groups excluding carboxylic acids is 1. The van der Waals surface area contributed by atoms with Crippen molar-refractivity contribution in [2.75, 3.05) is 23.8 Å². The van der Waals surface area contributed by atoms with Crippen molar-refractivity contribution in [3.8, 4) is 0 Å². The molecule has 0 radical (unpaired) electrons. The summed E-state index contributed by atoms with van der Waals surface area (Å²) in [7, 11) is 1.95. The predicted octanol–water partition coefficient (Wildman–Crippen LogP) is 3.67. The Balaban J connectivity index is 1.86. The first kappa shape index (κ1) is 20.8. The van der Waals surface area contributed by atoms with Crippen molar-refractivity contribution in [1.29, 1.82) is 0 Å². The Morgan fingerprint density at radius 1 is 1.21 bits per heavy atom. The van der Waals surface area contributed by atoms with Gasteiger partial charge in [0, 0.05) is 32.0 Å². The van der Waals surface area contributed by atoms with E-state index < -0.39 is 24.3 Å². The zero-order valence-corrected chi connectivity index (χ0v) is 16.2. The van der Waals surface area contributed by atoms with E-state index in [0.717, 1.165) is 17.4 Å². The van der Waals surface area contributed by atoms with Crippen LogP contribution in [0.3, 0.4) is 0 Å². The van der Waals surface area contributed by atoms with Gasteiger partial charge in [-0.3, -0.25) is 4.79 Å². The lowest BCUT2D eigenvalue weighted by Crippen LogP contribution is -2.46. The van der Waals surface area contributed by atoms with Crippen LogP contribution in [-0.4, -0.2) is 41.3 Å². The molecular weight excluding hydrogens is 385 g/mol. The second kappa shape index (κ2) is 8.18. The van der Waals surface area contributed by atoms with E-state index in [-0.39, 0.29) is 11.7 Å². The molecule has 0 aliphatic carbocycles. The Kier molecular flexibility index (Phi) is 5.86. The summed E-state index contributed by atoms with van der Waals surface area (Å²) in [5, 5.41) is 2.51. The molecule has 0 saturated heterocycles. The standard InChI is InChI=1S/C20H23F3N4O2/c1-3-15-12-25(2)17-9-5-4-7-14(17)11-27(15)19(29)24-16-8-6-10-26(18(16)28)13-20(21,22)23/h4-10,15H,3,11-13H2,1-2H3,(H,24,29). The lowest BCUT2D eigenvalue weighted by molar-refractivity contribution is -0.141. The number of pyridine rings is 1. The number of halogens is 3. The number of para-hydroxylation sites is 1.